The van der Waals surface area contributed by atoms with Gasteiger partial charge in [-0.3, -0.25) is 13.8 Å². The minimum absolute atomic E-state index is 0.0432. The third-order valence-electron chi connectivity index (χ3n) is 4.08. The highest BCUT2D eigenvalue weighted by molar-refractivity contribution is 7.98. The SMILES string of the molecule is Cc1c(Cl)cccc1-n1ccnc1SCc1cc(=O)n2c(C)csc2n1. The molecule has 4 aromatic rings. The number of benzene rings is 1. The smallest absolute Gasteiger partial charge is 0.258 e. The number of aryl methyl sites for hydroxylation is 1. The predicted molar refractivity (Wildman–Crippen MR) is 107 cm³/mol. The molecule has 0 radical (unpaired) electrons. The van der Waals surface area contributed by atoms with E-state index in [1.807, 2.05) is 48.2 Å². The third-order valence-corrected chi connectivity index (χ3v) is 6.44. The average molecular weight is 403 g/mol. The van der Waals surface area contributed by atoms with Crippen molar-refractivity contribution >= 4 is 39.7 Å². The molecule has 0 saturated carbocycles. The molecule has 4 rings (SSSR count). The Balaban J connectivity index is 1.63. The fourth-order valence-corrected chi connectivity index (χ4v) is 4.67. The Hall–Kier alpha value is -2.09. The molecular formula is C18H15ClN4OS2. The summed E-state index contributed by atoms with van der Waals surface area (Å²) in [5.41, 5.74) is 3.61. The highest BCUT2D eigenvalue weighted by atomic mass is 35.5. The van der Waals surface area contributed by atoms with Crippen molar-refractivity contribution in [3.05, 3.63) is 74.4 Å². The molecule has 3 heterocycles. The number of imidazole rings is 1. The first kappa shape index (κ1) is 17.3. The van der Waals surface area contributed by atoms with Crippen molar-refractivity contribution in [3.8, 4) is 5.69 Å². The summed E-state index contributed by atoms with van der Waals surface area (Å²) < 4.78 is 3.64. The van der Waals surface area contributed by atoms with Gasteiger partial charge < -0.3 is 0 Å². The van der Waals surface area contributed by atoms with Crippen molar-refractivity contribution in [2.75, 3.05) is 0 Å². The number of hydrogen-bond acceptors (Lipinski definition) is 5. The van der Waals surface area contributed by atoms with Gasteiger partial charge in [0, 0.05) is 40.3 Å². The summed E-state index contributed by atoms with van der Waals surface area (Å²) in [6, 6.07) is 7.41. The number of aromatic nitrogens is 4. The van der Waals surface area contributed by atoms with Gasteiger partial charge in [-0.15, -0.1) is 11.3 Å². The normalized spacial score (nSPS) is 11.3. The number of thiazole rings is 1. The van der Waals surface area contributed by atoms with Crippen LogP contribution in [-0.2, 0) is 5.75 Å². The molecular weight excluding hydrogens is 388 g/mol. The van der Waals surface area contributed by atoms with Gasteiger partial charge in [-0.25, -0.2) is 9.97 Å². The zero-order valence-corrected chi connectivity index (χ0v) is 16.5. The van der Waals surface area contributed by atoms with Crippen LogP contribution in [0.15, 0.2) is 52.0 Å². The number of rotatable bonds is 4. The first-order chi connectivity index (χ1) is 12.5. The topological polar surface area (TPSA) is 52.2 Å². The molecule has 0 fully saturated rings. The van der Waals surface area contributed by atoms with Crippen LogP contribution in [0.2, 0.25) is 5.02 Å². The second kappa shape index (κ2) is 6.90. The van der Waals surface area contributed by atoms with Gasteiger partial charge in [-0.2, -0.15) is 0 Å². The molecule has 0 aliphatic heterocycles. The predicted octanol–water partition coefficient (Wildman–Crippen LogP) is 4.50. The second-order valence-electron chi connectivity index (χ2n) is 5.83. The lowest BCUT2D eigenvalue weighted by atomic mass is 10.2. The molecule has 0 aliphatic carbocycles. The van der Waals surface area contributed by atoms with Gasteiger partial charge >= 0.3 is 0 Å². The van der Waals surface area contributed by atoms with Gasteiger partial charge in [0.05, 0.1) is 11.4 Å². The van der Waals surface area contributed by atoms with Crippen LogP contribution in [0, 0.1) is 13.8 Å². The van der Waals surface area contributed by atoms with Gasteiger partial charge in [0.15, 0.2) is 10.1 Å². The van der Waals surface area contributed by atoms with Crippen LogP contribution in [0.5, 0.6) is 0 Å². The number of halogens is 1. The van der Waals surface area contributed by atoms with Crippen LogP contribution in [-0.4, -0.2) is 18.9 Å². The maximum absolute atomic E-state index is 12.3. The highest BCUT2D eigenvalue weighted by Crippen LogP contribution is 2.28. The molecule has 5 nitrogen and oxygen atoms in total. The van der Waals surface area contributed by atoms with Crippen molar-refractivity contribution in [1.82, 2.24) is 18.9 Å². The Morgan fingerprint density at radius 1 is 1.31 bits per heavy atom. The number of thioether (sulfide) groups is 1. The van der Waals surface area contributed by atoms with Gasteiger partial charge in [-0.05, 0) is 31.5 Å². The Labute approximate surface area is 163 Å². The molecule has 0 saturated heterocycles. The Morgan fingerprint density at radius 3 is 3.00 bits per heavy atom. The van der Waals surface area contributed by atoms with Crippen LogP contribution in [0.3, 0.4) is 0 Å². The van der Waals surface area contributed by atoms with E-state index in [0.717, 1.165) is 37.8 Å². The summed E-state index contributed by atoms with van der Waals surface area (Å²) in [6.45, 7) is 3.90. The minimum Gasteiger partial charge on any atom is -0.295 e. The first-order valence-electron chi connectivity index (χ1n) is 7.93. The maximum Gasteiger partial charge on any atom is 0.258 e. The van der Waals surface area contributed by atoms with E-state index in [-0.39, 0.29) is 5.56 Å². The zero-order valence-electron chi connectivity index (χ0n) is 14.1. The van der Waals surface area contributed by atoms with E-state index in [1.54, 1.807) is 28.4 Å². The minimum atomic E-state index is -0.0432. The van der Waals surface area contributed by atoms with E-state index in [2.05, 4.69) is 9.97 Å². The van der Waals surface area contributed by atoms with Crippen molar-refractivity contribution in [3.63, 3.8) is 0 Å². The molecule has 26 heavy (non-hydrogen) atoms. The molecule has 3 aromatic heterocycles. The summed E-state index contributed by atoms with van der Waals surface area (Å²) >= 11 is 9.26. The Kier molecular flexibility index (Phi) is 4.60. The fraction of sp³-hybridized carbons (Fsp3) is 0.167. The molecule has 0 unspecified atom stereocenters. The van der Waals surface area contributed by atoms with Crippen LogP contribution in [0.25, 0.3) is 10.6 Å². The summed E-state index contributed by atoms with van der Waals surface area (Å²) in [7, 11) is 0. The molecule has 0 amide bonds. The molecule has 0 aliphatic rings. The zero-order chi connectivity index (χ0) is 18.3. The lowest BCUT2D eigenvalue weighted by Crippen LogP contribution is -2.14. The molecule has 0 bridgehead atoms. The molecule has 0 N–H and O–H groups in total. The number of fused-ring (bicyclic) bond motifs is 1. The summed E-state index contributed by atoms with van der Waals surface area (Å²) in [6.07, 6.45) is 3.67. The lowest BCUT2D eigenvalue weighted by Gasteiger charge is -2.11. The van der Waals surface area contributed by atoms with E-state index in [4.69, 9.17) is 11.6 Å². The molecule has 1 aromatic carbocycles. The van der Waals surface area contributed by atoms with E-state index >= 15 is 0 Å². The number of hydrogen-bond donors (Lipinski definition) is 0. The summed E-state index contributed by atoms with van der Waals surface area (Å²) in [4.78, 5) is 22.1. The van der Waals surface area contributed by atoms with E-state index in [0.29, 0.717) is 5.75 Å². The highest BCUT2D eigenvalue weighted by Gasteiger charge is 2.12. The number of nitrogens with zero attached hydrogens (tertiary/aromatic N) is 4. The summed E-state index contributed by atoms with van der Waals surface area (Å²) in [5.74, 6) is 0.569. The van der Waals surface area contributed by atoms with Crippen LogP contribution >= 0.6 is 34.7 Å². The van der Waals surface area contributed by atoms with Crippen molar-refractivity contribution in [2.45, 2.75) is 24.8 Å². The fourth-order valence-electron chi connectivity index (χ4n) is 2.75. The van der Waals surface area contributed by atoms with E-state index in [1.165, 1.54) is 11.3 Å². The van der Waals surface area contributed by atoms with Crippen LogP contribution in [0.4, 0.5) is 0 Å². The molecule has 0 atom stereocenters. The maximum atomic E-state index is 12.3. The monoisotopic (exact) mass is 402 g/mol. The second-order valence-corrected chi connectivity index (χ2v) is 8.02. The van der Waals surface area contributed by atoms with E-state index in [9.17, 15) is 4.79 Å². The standard InChI is InChI=1S/C18H15ClN4OS2/c1-11-9-25-18-21-13(8-16(24)23(11)18)10-26-17-20-6-7-22(17)15-5-3-4-14(19)12(15)2/h3-9H,10H2,1-2H3. The average Bonchev–Trinajstić information content (AvgIpc) is 3.22. The molecule has 0 spiro atoms. The van der Waals surface area contributed by atoms with Gasteiger partial charge in [0.2, 0.25) is 0 Å². The van der Waals surface area contributed by atoms with Crippen LogP contribution < -0.4 is 5.56 Å². The first-order valence-corrected chi connectivity index (χ1v) is 10.2. The largest absolute Gasteiger partial charge is 0.295 e. The molecule has 8 heteroatoms. The van der Waals surface area contributed by atoms with E-state index < -0.39 is 0 Å². The van der Waals surface area contributed by atoms with Gasteiger partial charge in [0.25, 0.3) is 5.56 Å². The van der Waals surface area contributed by atoms with Crippen molar-refractivity contribution < 1.29 is 0 Å². The van der Waals surface area contributed by atoms with Crippen molar-refractivity contribution in [1.29, 1.82) is 0 Å². The summed E-state index contributed by atoms with van der Waals surface area (Å²) in [5, 5.41) is 3.50. The Bertz CT molecular complexity index is 1160. The van der Waals surface area contributed by atoms with Crippen LogP contribution in [0.1, 0.15) is 17.0 Å². The van der Waals surface area contributed by atoms with Crippen molar-refractivity contribution in [2.24, 2.45) is 0 Å². The Morgan fingerprint density at radius 2 is 2.15 bits per heavy atom. The third kappa shape index (κ3) is 3.06. The lowest BCUT2D eigenvalue weighted by molar-refractivity contribution is 0.886. The van der Waals surface area contributed by atoms with Gasteiger partial charge in [-0.1, -0.05) is 29.4 Å². The van der Waals surface area contributed by atoms with Gasteiger partial charge in [0.1, 0.15) is 0 Å². The quantitative estimate of drug-likeness (QED) is 0.471. The molecule has 132 valence electrons.